The van der Waals surface area contributed by atoms with Crippen molar-refractivity contribution in [3.63, 3.8) is 0 Å². The number of nitrogens with one attached hydrogen (secondary N) is 1. The Bertz CT molecular complexity index is 249. The minimum Gasteiger partial charge on any atom is -0.356 e. The van der Waals surface area contributed by atoms with Crippen molar-refractivity contribution in [1.29, 1.82) is 0 Å². The molecule has 0 aromatic heterocycles. The minimum absolute atomic E-state index is 0.0656. The summed E-state index contributed by atoms with van der Waals surface area (Å²) in [5.74, 6) is 1.01. The van der Waals surface area contributed by atoms with E-state index in [-0.39, 0.29) is 5.91 Å². The second kappa shape index (κ2) is 4.74. The van der Waals surface area contributed by atoms with Crippen molar-refractivity contribution in [2.45, 2.75) is 58.9 Å². The van der Waals surface area contributed by atoms with E-state index in [4.69, 9.17) is 5.73 Å². The van der Waals surface area contributed by atoms with E-state index in [1.54, 1.807) is 0 Å². The largest absolute Gasteiger partial charge is 0.356 e. The van der Waals surface area contributed by atoms with E-state index < -0.39 is 11.0 Å². The fourth-order valence-electron chi connectivity index (χ4n) is 1.51. The van der Waals surface area contributed by atoms with Gasteiger partial charge in [0, 0.05) is 12.1 Å². The summed E-state index contributed by atoms with van der Waals surface area (Å²) in [4.78, 5) is 12.0. The molecule has 16 heavy (non-hydrogen) atoms. The third-order valence-electron chi connectivity index (χ3n) is 3.95. The van der Waals surface area contributed by atoms with Gasteiger partial charge < -0.3 is 11.1 Å². The maximum absolute atomic E-state index is 12.0. The SMILES string of the molecule is CC(C)(N)C(C)(C)C(=O)NCCCC1CC1. The summed E-state index contributed by atoms with van der Waals surface area (Å²) in [7, 11) is 0. The van der Waals surface area contributed by atoms with E-state index in [0.717, 1.165) is 18.9 Å². The van der Waals surface area contributed by atoms with Crippen LogP contribution in [0.4, 0.5) is 0 Å². The van der Waals surface area contributed by atoms with Gasteiger partial charge in [0.15, 0.2) is 0 Å². The number of carbonyl (C=O) groups is 1. The second-order valence-electron chi connectivity index (χ2n) is 6.19. The first-order chi connectivity index (χ1) is 7.25. The number of carbonyl (C=O) groups excluding carboxylic acids is 1. The smallest absolute Gasteiger partial charge is 0.227 e. The zero-order chi connectivity index (χ0) is 12.4. The molecule has 1 fully saturated rings. The van der Waals surface area contributed by atoms with Gasteiger partial charge in [0.2, 0.25) is 5.91 Å². The van der Waals surface area contributed by atoms with Gasteiger partial charge in [-0.25, -0.2) is 0 Å². The topological polar surface area (TPSA) is 55.1 Å². The molecular weight excluding hydrogens is 200 g/mol. The summed E-state index contributed by atoms with van der Waals surface area (Å²) in [5.41, 5.74) is 5.00. The third-order valence-corrected chi connectivity index (χ3v) is 3.95. The van der Waals surface area contributed by atoms with Crippen LogP contribution in [0.5, 0.6) is 0 Å². The predicted octanol–water partition coefficient (Wildman–Crippen LogP) is 2.06. The average Bonchev–Trinajstić information content (AvgIpc) is 2.93. The molecule has 0 heterocycles. The van der Waals surface area contributed by atoms with Gasteiger partial charge in [-0.05, 0) is 46.5 Å². The maximum atomic E-state index is 12.0. The van der Waals surface area contributed by atoms with E-state index >= 15 is 0 Å². The van der Waals surface area contributed by atoms with Crippen LogP contribution >= 0.6 is 0 Å². The van der Waals surface area contributed by atoms with Crippen LogP contribution in [-0.2, 0) is 4.79 Å². The van der Waals surface area contributed by atoms with E-state index in [1.165, 1.54) is 19.3 Å². The molecule has 0 spiro atoms. The Kier molecular flexibility index (Phi) is 4.00. The molecule has 0 radical (unpaired) electrons. The van der Waals surface area contributed by atoms with Gasteiger partial charge in [0.05, 0.1) is 5.41 Å². The Labute approximate surface area is 99.2 Å². The molecule has 1 saturated carbocycles. The molecule has 0 unspecified atom stereocenters. The van der Waals surface area contributed by atoms with Crippen molar-refractivity contribution >= 4 is 5.91 Å². The van der Waals surface area contributed by atoms with Crippen LogP contribution < -0.4 is 11.1 Å². The van der Waals surface area contributed by atoms with Gasteiger partial charge in [-0.3, -0.25) is 4.79 Å². The fraction of sp³-hybridized carbons (Fsp3) is 0.923. The molecule has 0 atom stereocenters. The van der Waals surface area contributed by atoms with Crippen LogP contribution in [0.3, 0.4) is 0 Å². The zero-order valence-corrected chi connectivity index (χ0v) is 11.1. The first-order valence-corrected chi connectivity index (χ1v) is 6.32. The average molecular weight is 226 g/mol. The van der Waals surface area contributed by atoms with E-state index in [0.29, 0.717) is 0 Å². The van der Waals surface area contributed by atoms with Gasteiger partial charge in [-0.15, -0.1) is 0 Å². The van der Waals surface area contributed by atoms with E-state index in [9.17, 15) is 4.79 Å². The molecule has 3 N–H and O–H groups in total. The summed E-state index contributed by atoms with van der Waals surface area (Å²) in [5, 5.41) is 2.99. The highest BCUT2D eigenvalue weighted by atomic mass is 16.2. The van der Waals surface area contributed by atoms with Crippen LogP contribution in [0.15, 0.2) is 0 Å². The summed E-state index contributed by atoms with van der Waals surface area (Å²) in [6.45, 7) is 8.40. The molecule has 1 aliphatic rings. The summed E-state index contributed by atoms with van der Waals surface area (Å²) in [6, 6.07) is 0. The van der Waals surface area contributed by atoms with E-state index in [1.807, 2.05) is 27.7 Å². The lowest BCUT2D eigenvalue weighted by molar-refractivity contribution is -0.132. The van der Waals surface area contributed by atoms with Gasteiger partial charge in [-0.1, -0.05) is 12.8 Å². The molecule has 94 valence electrons. The number of nitrogens with two attached hydrogens (primary N) is 1. The number of hydrogen-bond acceptors (Lipinski definition) is 2. The Balaban J connectivity index is 2.27. The van der Waals surface area contributed by atoms with Crippen LogP contribution in [0.1, 0.15) is 53.4 Å². The second-order valence-corrected chi connectivity index (χ2v) is 6.19. The van der Waals surface area contributed by atoms with Gasteiger partial charge >= 0.3 is 0 Å². The molecule has 1 aliphatic carbocycles. The van der Waals surface area contributed by atoms with Crippen molar-refractivity contribution in [2.24, 2.45) is 17.1 Å². The monoisotopic (exact) mass is 226 g/mol. The van der Waals surface area contributed by atoms with Crippen molar-refractivity contribution in [1.82, 2.24) is 5.32 Å². The van der Waals surface area contributed by atoms with Crippen molar-refractivity contribution in [3.05, 3.63) is 0 Å². The van der Waals surface area contributed by atoms with Gasteiger partial charge in [-0.2, -0.15) is 0 Å². The molecule has 1 rings (SSSR count). The molecule has 3 heteroatoms. The minimum atomic E-state index is -0.521. The summed E-state index contributed by atoms with van der Waals surface area (Å²) < 4.78 is 0. The van der Waals surface area contributed by atoms with Gasteiger partial charge in [0.1, 0.15) is 0 Å². The molecule has 0 bridgehead atoms. The number of rotatable bonds is 6. The highest BCUT2D eigenvalue weighted by molar-refractivity contribution is 5.83. The van der Waals surface area contributed by atoms with Crippen molar-refractivity contribution < 1.29 is 4.79 Å². The molecule has 0 aromatic rings. The Morgan fingerprint density at radius 3 is 2.31 bits per heavy atom. The lowest BCUT2D eigenvalue weighted by Crippen LogP contribution is -2.55. The van der Waals surface area contributed by atoms with Gasteiger partial charge in [0.25, 0.3) is 0 Å². The lowest BCUT2D eigenvalue weighted by Gasteiger charge is -2.36. The number of amides is 1. The zero-order valence-electron chi connectivity index (χ0n) is 11.1. The number of hydrogen-bond donors (Lipinski definition) is 2. The lowest BCUT2D eigenvalue weighted by atomic mass is 9.74. The normalized spacial score (nSPS) is 17.3. The molecule has 1 amide bonds. The predicted molar refractivity (Wildman–Crippen MR) is 67.0 cm³/mol. The first kappa shape index (κ1) is 13.5. The fourth-order valence-corrected chi connectivity index (χ4v) is 1.51. The third kappa shape index (κ3) is 3.48. The van der Waals surface area contributed by atoms with Crippen molar-refractivity contribution in [2.75, 3.05) is 6.54 Å². The Morgan fingerprint density at radius 2 is 1.88 bits per heavy atom. The highest BCUT2D eigenvalue weighted by Gasteiger charge is 2.40. The van der Waals surface area contributed by atoms with Crippen molar-refractivity contribution in [3.8, 4) is 0 Å². The highest BCUT2D eigenvalue weighted by Crippen LogP contribution is 2.33. The van der Waals surface area contributed by atoms with Crippen LogP contribution in [0, 0.1) is 11.3 Å². The first-order valence-electron chi connectivity index (χ1n) is 6.32. The molecule has 0 aliphatic heterocycles. The molecular formula is C13H26N2O. The molecule has 0 saturated heterocycles. The van der Waals surface area contributed by atoms with Crippen LogP contribution in [0.2, 0.25) is 0 Å². The van der Waals surface area contributed by atoms with Crippen LogP contribution in [0.25, 0.3) is 0 Å². The molecule has 3 nitrogen and oxygen atoms in total. The maximum Gasteiger partial charge on any atom is 0.227 e. The summed E-state index contributed by atoms with van der Waals surface area (Å²) >= 11 is 0. The Hall–Kier alpha value is -0.570. The van der Waals surface area contributed by atoms with Crippen LogP contribution in [-0.4, -0.2) is 18.0 Å². The molecule has 0 aromatic carbocycles. The summed E-state index contributed by atoms with van der Waals surface area (Å²) in [6.07, 6.45) is 5.12. The Morgan fingerprint density at radius 1 is 1.31 bits per heavy atom. The quantitative estimate of drug-likeness (QED) is 0.681. The standard InChI is InChI=1S/C13H26N2O/c1-12(2,13(3,4)14)11(16)15-9-5-6-10-7-8-10/h10H,5-9,14H2,1-4H3,(H,15,16). The van der Waals surface area contributed by atoms with E-state index in [2.05, 4.69) is 5.32 Å².